The summed E-state index contributed by atoms with van der Waals surface area (Å²) in [4.78, 5) is 4.21. The smallest absolute Gasteiger partial charge is 0.0995 e. The first-order valence-electron chi connectivity index (χ1n) is 5.45. The Hall–Kier alpha value is -2.34. The third kappa shape index (κ3) is 2.61. The topological polar surface area (TPSA) is 48.7 Å². The number of benzene rings is 1. The molecule has 1 aromatic heterocycles. The number of nitrogens with one attached hydrogen (secondary N) is 1. The van der Waals surface area contributed by atoms with Crippen molar-refractivity contribution >= 4 is 5.69 Å². The number of pyridine rings is 1. The standard InChI is InChI=1S/C14H13N3/c1-11-14(7-4-8-16-11)17-10-13-6-3-2-5-12(13)9-15/h2-8,17H,10H2,1H3. The Balaban J connectivity index is 2.13. The van der Waals surface area contributed by atoms with Gasteiger partial charge in [0.15, 0.2) is 0 Å². The highest BCUT2D eigenvalue weighted by Crippen LogP contribution is 2.14. The van der Waals surface area contributed by atoms with Crippen molar-refractivity contribution < 1.29 is 0 Å². The maximum absolute atomic E-state index is 8.98. The maximum atomic E-state index is 8.98. The fraction of sp³-hybridized carbons (Fsp3) is 0.143. The molecule has 1 N–H and O–H groups in total. The number of aryl methyl sites for hydroxylation is 1. The molecule has 3 heteroatoms. The zero-order valence-electron chi connectivity index (χ0n) is 9.64. The van der Waals surface area contributed by atoms with Gasteiger partial charge < -0.3 is 5.32 Å². The van der Waals surface area contributed by atoms with Crippen LogP contribution in [0, 0.1) is 18.3 Å². The van der Waals surface area contributed by atoms with E-state index in [1.54, 1.807) is 6.20 Å². The van der Waals surface area contributed by atoms with E-state index in [1.165, 1.54) is 0 Å². The van der Waals surface area contributed by atoms with Gasteiger partial charge in [-0.15, -0.1) is 0 Å². The summed E-state index contributed by atoms with van der Waals surface area (Å²) in [5, 5.41) is 12.3. The molecule has 0 unspecified atom stereocenters. The molecule has 0 aliphatic carbocycles. The molecular weight excluding hydrogens is 210 g/mol. The van der Waals surface area contributed by atoms with Gasteiger partial charge in [-0.3, -0.25) is 4.98 Å². The summed E-state index contributed by atoms with van der Waals surface area (Å²) in [6.07, 6.45) is 1.77. The van der Waals surface area contributed by atoms with Crippen molar-refractivity contribution in [3.63, 3.8) is 0 Å². The summed E-state index contributed by atoms with van der Waals surface area (Å²) in [6, 6.07) is 13.7. The Morgan fingerprint density at radius 1 is 1.24 bits per heavy atom. The van der Waals surface area contributed by atoms with Crippen molar-refractivity contribution in [2.45, 2.75) is 13.5 Å². The minimum Gasteiger partial charge on any atom is -0.379 e. The summed E-state index contributed by atoms with van der Waals surface area (Å²) in [5.74, 6) is 0. The third-order valence-corrected chi connectivity index (χ3v) is 2.61. The van der Waals surface area contributed by atoms with E-state index >= 15 is 0 Å². The Labute approximate surface area is 101 Å². The molecule has 0 spiro atoms. The van der Waals surface area contributed by atoms with Crippen molar-refractivity contribution in [2.24, 2.45) is 0 Å². The first kappa shape index (κ1) is 11.2. The molecule has 1 aromatic carbocycles. The average molecular weight is 223 g/mol. The number of anilines is 1. The second-order valence-electron chi connectivity index (χ2n) is 3.76. The molecule has 0 saturated carbocycles. The highest BCUT2D eigenvalue weighted by atomic mass is 14.9. The number of nitriles is 1. The van der Waals surface area contributed by atoms with Crippen molar-refractivity contribution in [3.05, 3.63) is 59.4 Å². The van der Waals surface area contributed by atoms with Gasteiger partial charge in [-0.2, -0.15) is 5.26 Å². The molecule has 84 valence electrons. The van der Waals surface area contributed by atoms with Gasteiger partial charge >= 0.3 is 0 Å². The van der Waals surface area contributed by atoms with Gasteiger partial charge in [0.1, 0.15) is 0 Å². The van der Waals surface area contributed by atoms with Crippen molar-refractivity contribution in [3.8, 4) is 6.07 Å². The van der Waals surface area contributed by atoms with E-state index in [0.717, 1.165) is 16.9 Å². The maximum Gasteiger partial charge on any atom is 0.0995 e. The van der Waals surface area contributed by atoms with Gasteiger partial charge in [-0.25, -0.2) is 0 Å². The van der Waals surface area contributed by atoms with Crippen LogP contribution in [0.25, 0.3) is 0 Å². The molecular formula is C14H13N3. The van der Waals surface area contributed by atoms with Gasteiger partial charge in [-0.05, 0) is 30.7 Å². The number of hydrogen-bond donors (Lipinski definition) is 1. The molecule has 0 fully saturated rings. The van der Waals surface area contributed by atoms with Crippen molar-refractivity contribution in [2.75, 3.05) is 5.32 Å². The van der Waals surface area contributed by atoms with E-state index in [9.17, 15) is 0 Å². The van der Waals surface area contributed by atoms with Crippen LogP contribution in [0.15, 0.2) is 42.6 Å². The molecule has 3 nitrogen and oxygen atoms in total. The lowest BCUT2D eigenvalue weighted by Gasteiger charge is -2.09. The van der Waals surface area contributed by atoms with Crippen LogP contribution in [-0.2, 0) is 6.54 Å². The van der Waals surface area contributed by atoms with Gasteiger partial charge in [0.2, 0.25) is 0 Å². The van der Waals surface area contributed by atoms with E-state index in [4.69, 9.17) is 5.26 Å². The quantitative estimate of drug-likeness (QED) is 0.870. The van der Waals surface area contributed by atoms with Crippen LogP contribution in [0.1, 0.15) is 16.8 Å². The van der Waals surface area contributed by atoms with E-state index < -0.39 is 0 Å². The van der Waals surface area contributed by atoms with Crippen LogP contribution in [0.3, 0.4) is 0 Å². The molecule has 0 aliphatic heterocycles. The Morgan fingerprint density at radius 2 is 2.06 bits per heavy atom. The summed E-state index contributed by atoms with van der Waals surface area (Å²) in [7, 11) is 0. The van der Waals surface area contributed by atoms with E-state index in [0.29, 0.717) is 12.1 Å². The van der Waals surface area contributed by atoms with Crippen LogP contribution in [0.5, 0.6) is 0 Å². The van der Waals surface area contributed by atoms with Crippen LogP contribution in [0.2, 0.25) is 0 Å². The Kier molecular flexibility index (Phi) is 3.37. The lowest BCUT2D eigenvalue weighted by molar-refractivity contribution is 1.10. The molecule has 2 rings (SSSR count). The van der Waals surface area contributed by atoms with Gasteiger partial charge in [0.05, 0.1) is 23.0 Å². The van der Waals surface area contributed by atoms with E-state index in [-0.39, 0.29) is 0 Å². The third-order valence-electron chi connectivity index (χ3n) is 2.61. The second kappa shape index (κ2) is 5.13. The highest BCUT2D eigenvalue weighted by Gasteiger charge is 2.01. The molecule has 0 saturated heterocycles. The lowest BCUT2D eigenvalue weighted by atomic mass is 10.1. The normalized spacial score (nSPS) is 9.65. The van der Waals surface area contributed by atoms with E-state index in [2.05, 4.69) is 16.4 Å². The van der Waals surface area contributed by atoms with Crippen LogP contribution >= 0.6 is 0 Å². The fourth-order valence-electron chi connectivity index (χ4n) is 1.65. The fourth-order valence-corrected chi connectivity index (χ4v) is 1.65. The molecule has 0 radical (unpaired) electrons. The largest absolute Gasteiger partial charge is 0.379 e. The summed E-state index contributed by atoms with van der Waals surface area (Å²) < 4.78 is 0. The molecule has 0 aliphatic rings. The molecule has 2 aromatic rings. The summed E-state index contributed by atoms with van der Waals surface area (Å²) >= 11 is 0. The van der Waals surface area contributed by atoms with Crippen LogP contribution in [0.4, 0.5) is 5.69 Å². The minimum atomic E-state index is 0.635. The Morgan fingerprint density at radius 3 is 2.82 bits per heavy atom. The Bertz CT molecular complexity index is 555. The molecule has 0 amide bonds. The minimum absolute atomic E-state index is 0.635. The first-order valence-corrected chi connectivity index (χ1v) is 5.45. The monoisotopic (exact) mass is 223 g/mol. The summed E-state index contributed by atoms with van der Waals surface area (Å²) in [6.45, 7) is 2.59. The van der Waals surface area contributed by atoms with E-state index in [1.807, 2.05) is 43.3 Å². The number of nitrogens with zero attached hydrogens (tertiary/aromatic N) is 2. The zero-order valence-corrected chi connectivity index (χ0v) is 9.64. The number of rotatable bonds is 3. The first-order chi connectivity index (χ1) is 8.31. The van der Waals surface area contributed by atoms with Crippen LogP contribution < -0.4 is 5.32 Å². The molecule has 0 atom stereocenters. The van der Waals surface area contributed by atoms with Gasteiger partial charge in [-0.1, -0.05) is 18.2 Å². The van der Waals surface area contributed by atoms with Crippen molar-refractivity contribution in [1.29, 1.82) is 5.26 Å². The van der Waals surface area contributed by atoms with Crippen LogP contribution in [-0.4, -0.2) is 4.98 Å². The van der Waals surface area contributed by atoms with Gasteiger partial charge in [0.25, 0.3) is 0 Å². The van der Waals surface area contributed by atoms with Crippen molar-refractivity contribution in [1.82, 2.24) is 4.98 Å². The predicted octanol–water partition coefficient (Wildman–Crippen LogP) is 2.87. The average Bonchev–Trinajstić information content (AvgIpc) is 2.38. The summed E-state index contributed by atoms with van der Waals surface area (Å²) in [5.41, 5.74) is 3.67. The predicted molar refractivity (Wildman–Crippen MR) is 67.5 cm³/mol. The SMILES string of the molecule is Cc1ncccc1NCc1ccccc1C#N. The number of hydrogen-bond acceptors (Lipinski definition) is 3. The van der Waals surface area contributed by atoms with Gasteiger partial charge in [0, 0.05) is 12.7 Å². The molecule has 17 heavy (non-hydrogen) atoms. The zero-order chi connectivity index (χ0) is 12.1. The highest BCUT2D eigenvalue weighted by molar-refractivity contribution is 5.48. The molecule has 1 heterocycles. The second-order valence-corrected chi connectivity index (χ2v) is 3.76. The lowest BCUT2D eigenvalue weighted by Crippen LogP contribution is -2.03. The number of aromatic nitrogens is 1. The molecule has 0 bridgehead atoms.